The molecule has 1 heteroatoms. The number of hydrogen-bond donors (Lipinski definition) is 0. The van der Waals surface area contributed by atoms with Gasteiger partial charge < -0.3 is 0 Å². The summed E-state index contributed by atoms with van der Waals surface area (Å²) in [4.78, 5) is 0. The average molecular weight is 187 g/mol. The van der Waals surface area contributed by atoms with E-state index in [1.165, 1.54) is 5.19 Å². The van der Waals surface area contributed by atoms with Crippen LogP contribution in [-0.4, -0.2) is 8.80 Å². The van der Waals surface area contributed by atoms with E-state index in [-0.39, 0.29) is 0 Å². The van der Waals surface area contributed by atoms with Crippen molar-refractivity contribution in [3.8, 4) is 0 Å². The van der Waals surface area contributed by atoms with Gasteiger partial charge in [0.1, 0.15) is 0 Å². The van der Waals surface area contributed by atoms with Crippen LogP contribution in [-0.2, 0) is 0 Å². The van der Waals surface area contributed by atoms with Gasteiger partial charge in [0.05, 0.1) is 8.80 Å². The summed E-state index contributed by atoms with van der Waals surface area (Å²) in [6.07, 6.45) is 4.04. The molecule has 0 aliphatic carbocycles. The summed E-state index contributed by atoms with van der Waals surface area (Å²) in [5, 5.41) is 1.48. The van der Waals surface area contributed by atoms with Crippen molar-refractivity contribution in [1.82, 2.24) is 0 Å². The SMILES string of the molecule is C=CC[Si](CC=C)c1ccccc1. The molecule has 67 valence electrons. The molecule has 1 aromatic carbocycles. The Morgan fingerprint density at radius 1 is 1.00 bits per heavy atom. The highest BCUT2D eigenvalue weighted by Gasteiger charge is 2.08. The Bertz CT molecular complexity index is 254. The van der Waals surface area contributed by atoms with E-state index in [9.17, 15) is 0 Å². The zero-order valence-corrected chi connectivity index (χ0v) is 8.87. The Hall–Kier alpha value is -1.08. The number of hydrogen-bond acceptors (Lipinski definition) is 0. The Morgan fingerprint density at radius 2 is 1.54 bits per heavy atom. The van der Waals surface area contributed by atoms with Crippen LogP contribution < -0.4 is 5.19 Å². The standard InChI is InChI=1S/C12H15Si/c1-3-10-13(11-4-2)12-8-6-5-7-9-12/h3-9H,1-2,10-11H2. The molecule has 0 nitrogen and oxygen atoms in total. The van der Waals surface area contributed by atoms with Crippen LogP contribution in [0.2, 0.25) is 12.1 Å². The van der Waals surface area contributed by atoms with Crippen molar-refractivity contribution in [2.45, 2.75) is 12.1 Å². The lowest BCUT2D eigenvalue weighted by atomic mass is 10.4. The van der Waals surface area contributed by atoms with Crippen LogP contribution in [0.15, 0.2) is 55.6 Å². The van der Waals surface area contributed by atoms with Crippen LogP contribution in [0.1, 0.15) is 0 Å². The van der Waals surface area contributed by atoms with Gasteiger partial charge in [-0.3, -0.25) is 0 Å². The smallest absolute Gasteiger partial charge is 0.0934 e. The zero-order chi connectivity index (χ0) is 9.52. The molecule has 1 aromatic rings. The summed E-state index contributed by atoms with van der Waals surface area (Å²) in [6.45, 7) is 7.60. The molecule has 13 heavy (non-hydrogen) atoms. The molecule has 1 rings (SSSR count). The summed E-state index contributed by atoms with van der Waals surface area (Å²) < 4.78 is 0. The Morgan fingerprint density at radius 3 is 2.00 bits per heavy atom. The fraction of sp³-hybridized carbons (Fsp3) is 0.167. The maximum absolute atomic E-state index is 3.80. The largest absolute Gasteiger partial charge is 0.103 e. The van der Waals surface area contributed by atoms with Gasteiger partial charge in [-0.05, 0) is 12.1 Å². The van der Waals surface area contributed by atoms with Gasteiger partial charge in [-0.2, -0.15) is 0 Å². The summed E-state index contributed by atoms with van der Waals surface area (Å²) in [6, 6.07) is 12.9. The molecule has 0 spiro atoms. The van der Waals surface area contributed by atoms with E-state index in [4.69, 9.17) is 0 Å². The topological polar surface area (TPSA) is 0 Å². The molecule has 0 N–H and O–H groups in total. The molecule has 1 radical (unpaired) electrons. The number of benzene rings is 1. The molecule has 0 amide bonds. The van der Waals surface area contributed by atoms with E-state index in [1.807, 2.05) is 12.2 Å². The third kappa shape index (κ3) is 3.03. The zero-order valence-electron chi connectivity index (χ0n) is 7.87. The first-order valence-corrected chi connectivity index (χ1v) is 6.41. The molecule has 0 fully saturated rings. The monoisotopic (exact) mass is 187 g/mol. The Labute approximate surface area is 82.2 Å². The second-order valence-corrected chi connectivity index (χ2v) is 5.56. The molecule has 0 aromatic heterocycles. The fourth-order valence-electron chi connectivity index (χ4n) is 1.34. The minimum atomic E-state index is -0.460. The predicted molar refractivity (Wildman–Crippen MR) is 61.8 cm³/mol. The van der Waals surface area contributed by atoms with Gasteiger partial charge in [0, 0.05) is 0 Å². The van der Waals surface area contributed by atoms with Crippen LogP contribution in [0.4, 0.5) is 0 Å². The van der Waals surface area contributed by atoms with Gasteiger partial charge in [0.25, 0.3) is 0 Å². The molecular weight excluding hydrogens is 172 g/mol. The summed E-state index contributed by atoms with van der Waals surface area (Å²) >= 11 is 0. The highest BCUT2D eigenvalue weighted by atomic mass is 28.3. The molecular formula is C12H15Si. The molecule has 0 aliphatic heterocycles. The van der Waals surface area contributed by atoms with Crippen molar-refractivity contribution in [3.05, 3.63) is 55.6 Å². The van der Waals surface area contributed by atoms with Crippen LogP contribution >= 0.6 is 0 Å². The first-order valence-electron chi connectivity index (χ1n) is 4.50. The second-order valence-electron chi connectivity index (χ2n) is 2.96. The van der Waals surface area contributed by atoms with E-state index in [1.54, 1.807) is 0 Å². The molecule has 0 atom stereocenters. The van der Waals surface area contributed by atoms with Crippen LogP contribution in [0.25, 0.3) is 0 Å². The third-order valence-electron chi connectivity index (χ3n) is 1.96. The highest BCUT2D eigenvalue weighted by molar-refractivity contribution is 6.73. The van der Waals surface area contributed by atoms with Crippen molar-refractivity contribution >= 4 is 14.0 Å². The molecule has 0 saturated heterocycles. The van der Waals surface area contributed by atoms with Crippen molar-refractivity contribution in [2.24, 2.45) is 0 Å². The molecule has 0 bridgehead atoms. The van der Waals surface area contributed by atoms with Gasteiger partial charge in [-0.1, -0.05) is 47.7 Å². The lowest BCUT2D eigenvalue weighted by Gasteiger charge is -2.10. The summed E-state index contributed by atoms with van der Waals surface area (Å²) in [5.41, 5.74) is 0. The van der Waals surface area contributed by atoms with Gasteiger partial charge >= 0.3 is 0 Å². The molecule has 0 unspecified atom stereocenters. The Balaban J connectivity index is 2.75. The van der Waals surface area contributed by atoms with E-state index >= 15 is 0 Å². The first kappa shape index (κ1) is 10.0. The normalized spacial score (nSPS) is 9.92. The quantitative estimate of drug-likeness (QED) is 0.491. The van der Waals surface area contributed by atoms with Crippen molar-refractivity contribution in [1.29, 1.82) is 0 Å². The van der Waals surface area contributed by atoms with Crippen LogP contribution in [0.3, 0.4) is 0 Å². The molecule has 0 saturated carbocycles. The first-order chi connectivity index (χ1) is 6.38. The lowest BCUT2D eigenvalue weighted by Crippen LogP contribution is -2.28. The Kier molecular flexibility index (Phi) is 4.26. The van der Waals surface area contributed by atoms with Crippen molar-refractivity contribution in [3.63, 3.8) is 0 Å². The van der Waals surface area contributed by atoms with E-state index < -0.39 is 8.80 Å². The van der Waals surface area contributed by atoms with Gasteiger partial charge in [-0.15, -0.1) is 13.2 Å². The number of allylic oxidation sites excluding steroid dienone is 2. The maximum atomic E-state index is 3.80. The minimum Gasteiger partial charge on any atom is -0.103 e. The van der Waals surface area contributed by atoms with Crippen molar-refractivity contribution < 1.29 is 0 Å². The van der Waals surface area contributed by atoms with Gasteiger partial charge in [-0.25, -0.2) is 0 Å². The van der Waals surface area contributed by atoms with E-state index in [0.29, 0.717) is 0 Å². The third-order valence-corrected chi connectivity index (χ3v) is 4.68. The molecule has 0 heterocycles. The maximum Gasteiger partial charge on any atom is 0.0934 e. The van der Waals surface area contributed by atoms with E-state index in [2.05, 4.69) is 43.5 Å². The summed E-state index contributed by atoms with van der Waals surface area (Å²) in [7, 11) is -0.460. The lowest BCUT2D eigenvalue weighted by molar-refractivity contribution is 1.54. The van der Waals surface area contributed by atoms with Crippen LogP contribution in [0.5, 0.6) is 0 Å². The van der Waals surface area contributed by atoms with Crippen LogP contribution in [0, 0.1) is 0 Å². The van der Waals surface area contributed by atoms with Crippen molar-refractivity contribution in [2.75, 3.05) is 0 Å². The van der Waals surface area contributed by atoms with Gasteiger partial charge in [0.15, 0.2) is 0 Å². The molecule has 0 aliphatic rings. The van der Waals surface area contributed by atoms with Gasteiger partial charge in [0.2, 0.25) is 0 Å². The summed E-state index contributed by atoms with van der Waals surface area (Å²) in [5.74, 6) is 0. The van der Waals surface area contributed by atoms with E-state index in [0.717, 1.165) is 12.1 Å². The minimum absolute atomic E-state index is 0.460. The number of rotatable bonds is 5. The highest BCUT2D eigenvalue weighted by Crippen LogP contribution is 2.02. The average Bonchev–Trinajstić information content (AvgIpc) is 2.19. The second kappa shape index (κ2) is 5.54. The fourth-order valence-corrected chi connectivity index (χ4v) is 3.34. The predicted octanol–water partition coefficient (Wildman–Crippen LogP) is 2.76.